The minimum absolute atomic E-state index is 0.319. The van der Waals surface area contributed by atoms with E-state index in [1.807, 2.05) is 6.07 Å². The highest BCUT2D eigenvalue weighted by atomic mass is 16.5. The Hall–Kier alpha value is -3.61. The Morgan fingerprint density at radius 2 is 1.87 bits per heavy atom. The van der Waals surface area contributed by atoms with Crippen molar-refractivity contribution >= 4 is 22.8 Å². The highest BCUT2D eigenvalue weighted by molar-refractivity contribution is 5.87. The van der Waals surface area contributed by atoms with E-state index in [-0.39, 0.29) is 12.2 Å². The second kappa shape index (κ2) is 8.02. The average molecular weight is 407 g/mol. The first-order valence-electron chi connectivity index (χ1n) is 9.74. The molecule has 1 atom stereocenters. The predicted molar refractivity (Wildman–Crippen MR) is 110 cm³/mol. The van der Waals surface area contributed by atoms with Gasteiger partial charge in [-0.3, -0.25) is 4.79 Å². The van der Waals surface area contributed by atoms with Gasteiger partial charge >= 0.3 is 11.6 Å². The van der Waals surface area contributed by atoms with Crippen molar-refractivity contribution in [3.63, 3.8) is 0 Å². The number of rotatable bonds is 6. The van der Waals surface area contributed by atoms with Crippen LogP contribution in [0.3, 0.4) is 0 Å². The number of amides is 1. The van der Waals surface area contributed by atoms with Crippen molar-refractivity contribution in [2.75, 3.05) is 6.61 Å². The lowest BCUT2D eigenvalue weighted by Crippen LogP contribution is -2.36. The van der Waals surface area contributed by atoms with Gasteiger partial charge in [-0.1, -0.05) is 30.3 Å². The molecule has 0 spiro atoms. The molecule has 7 heteroatoms. The fraction of sp³-hybridized carbons (Fsp3) is 0.261. The molecule has 0 saturated carbocycles. The van der Waals surface area contributed by atoms with Gasteiger partial charge in [-0.15, -0.1) is 0 Å². The quantitative estimate of drug-likeness (QED) is 0.609. The molecule has 0 bridgehead atoms. The van der Waals surface area contributed by atoms with Crippen LogP contribution in [0.1, 0.15) is 34.7 Å². The summed E-state index contributed by atoms with van der Waals surface area (Å²) in [7, 11) is 0. The van der Waals surface area contributed by atoms with Crippen molar-refractivity contribution in [2.45, 2.75) is 32.2 Å². The number of carboxylic acids is 1. The summed E-state index contributed by atoms with van der Waals surface area (Å²) < 4.78 is 11.1. The van der Waals surface area contributed by atoms with E-state index >= 15 is 0 Å². The molecule has 1 aromatic heterocycles. The summed E-state index contributed by atoms with van der Waals surface area (Å²) in [6.07, 6.45) is 2.51. The highest BCUT2D eigenvalue weighted by Gasteiger charge is 2.23. The number of benzene rings is 2. The van der Waals surface area contributed by atoms with Gasteiger partial charge in [-0.05, 0) is 49.4 Å². The molecule has 1 heterocycles. The van der Waals surface area contributed by atoms with E-state index in [1.165, 1.54) is 0 Å². The zero-order chi connectivity index (χ0) is 21.3. The summed E-state index contributed by atoms with van der Waals surface area (Å²) >= 11 is 0. The lowest BCUT2D eigenvalue weighted by Gasteiger charge is -2.16. The number of aliphatic carboxylic acids is 1. The van der Waals surface area contributed by atoms with E-state index in [9.17, 15) is 19.5 Å². The lowest BCUT2D eigenvalue weighted by molar-refractivity contribution is -0.142. The molecule has 0 aliphatic heterocycles. The van der Waals surface area contributed by atoms with Gasteiger partial charge in [-0.25, -0.2) is 9.59 Å². The predicted octanol–water partition coefficient (Wildman–Crippen LogP) is 2.91. The Bertz CT molecular complexity index is 1180. The van der Waals surface area contributed by atoms with Gasteiger partial charge in [0.15, 0.2) is 12.6 Å². The third kappa shape index (κ3) is 3.66. The molecule has 0 radical (unpaired) electrons. The SMILES string of the molecule is Cc1c(OCC(=O)N[C@@H](C(=O)O)c2ccccc2)ccc2c3c(c(=O)oc12)CCC3. The molecule has 0 saturated heterocycles. The molecule has 3 aromatic rings. The molecule has 1 aliphatic rings. The van der Waals surface area contributed by atoms with E-state index in [0.717, 1.165) is 35.8 Å². The molecule has 7 nitrogen and oxygen atoms in total. The standard InChI is InChI=1S/C23H21NO6/c1-13-18(11-10-16-15-8-5-9-17(15)23(28)30-21(13)16)29-12-19(25)24-20(22(26)27)14-6-3-2-4-7-14/h2-4,6-7,10-11,20H,5,8-9,12H2,1H3,(H,24,25)(H,26,27)/t20-/m1/s1. The Kier molecular flexibility index (Phi) is 5.27. The summed E-state index contributed by atoms with van der Waals surface area (Å²) in [5.41, 5.74) is 3.02. The maximum atomic E-state index is 12.3. The molecule has 2 N–H and O–H groups in total. The number of carbonyl (C=O) groups is 2. The van der Waals surface area contributed by atoms with Gasteiger partial charge in [0.2, 0.25) is 0 Å². The Balaban J connectivity index is 1.51. The minimum Gasteiger partial charge on any atom is -0.483 e. The lowest BCUT2D eigenvalue weighted by atomic mass is 10.0. The third-order valence-corrected chi connectivity index (χ3v) is 5.38. The largest absolute Gasteiger partial charge is 0.483 e. The minimum atomic E-state index is -1.17. The summed E-state index contributed by atoms with van der Waals surface area (Å²) in [6.45, 7) is 1.40. The Morgan fingerprint density at radius 3 is 2.60 bits per heavy atom. The van der Waals surface area contributed by atoms with E-state index < -0.39 is 17.9 Å². The van der Waals surface area contributed by atoms with Gasteiger partial charge in [0.05, 0.1) is 0 Å². The monoisotopic (exact) mass is 407 g/mol. The van der Waals surface area contributed by atoms with Gasteiger partial charge in [0.25, 0.3) is 5.91 Å². The van der Waals surface area contributed by atoms with Crippen LogP contribution in [-0.4, -0.2) is 23.6 Å². The van der Waals surface area contributed by atoms with E-state index in [0.29, 0.717) is 22.5 Å². The van der Waals surface area contributed by atoms with Crippen LogP contribution in [0.25, 0.3) is 11.0 Å². The summed E-state index contributed by atoms with van der Waals surface area (Å²) in [5, 5.41) is 12.8. The first kappa shape index (κ1) is 19.7. The molecule has 1 aliphatic carbocycles. The number of hydrogen-bond acceptors (Lipinski definition) is 5. The van der Waals surface area contributed by atoms with Crippen LogP contribution in [0.5, 0.6) is 5.75 Å². The van der Waals surface area contributed by atoms with Gasteiger partial charge < -0.3 is 19.6 Å². The van der Waals surface area contributed by atoms with Crippen molar-refractivity contribution in [3.8, 4) is 5.75 Å². The molecule has 154 valence electrons. The van der Waals surface area contributed by atoms with Crippen LogP contribution in [0.15, 0.2) is 51.7 Å². The molecule has 0 unspecified atom stereocenters. The van der Waals surface area contributed by atoms with Crippen molar-refractivity contribution in [3.05, 3.63) is 75.1 Å². The molecule has 1 amide bonds. The van der Waals surface area contributed by atoms with Crippen LogP contribution in [-0.2, 0) is 22.4 Å². The van der Waals surface area contributed by atoms with Crippen LogP contribution < -0.4 is 15.7 Å². The van der Waals surface area contributed by atoms with Crippen LogP contribution >= 0.6 is 0 Å². The zero-order valence-corrected chi connectivity index (χ0v) is 16.4. The molecule has 2 aromatic carbocycles. The number of fused-ring (bicyclic) bond motifs is 3. The Morgan fingerprint density at radius 1 is 1.13 bits per heavy atom. The van der Waals surface area contributed by atoms with Gasteiger partial charge in [0.1, 0.15) is 11.3 Å². The Labute approximate surface area is 172 Å². The fourth-order valence-electron chi connectivity index (χ4n) is 3.90. The van der Waals surface area contributed by atoms with Crippen molar-refractivity contribution in [1.29, 1.82) is 0 Å². The number of carbonyl (C=O) groups excluding carboxylic acids is 1. The molecule has 4 rings (SSSR count). The first-order chi connectivity index (χ1) is 14.5. The smallest absolute Gasteiger partial charge is 0.339 e. The second-order valence-electron chi connectivity index (χ2n) is 7.30. The maximum Gasteiger partial charge on any atom is 0.339 e. The number of ether oxygens (including phenoxy) is 1. The van der Waals surface area contributed by atoms with Crippen molar-refractivity contribution in [1.82, 2.24) is 5.32 Å². The number of carboxylic acid groups (broad SMARTS) is 1. The van der Waals surface area contributed by atoms with Crippen LogP contribution in [0.2, 0.25) is 0 Å². The van der Waals surface area contributed by atoms with E-state index in [1.54, 1.807) is 43.3 Å². The first-order valence-corrected chi connectivity index (χ1v) is 9.74. The number of aryl methyl sites for hydroxylation is 2. The average Bonchev–Trinajstić information content (AvgIpc) is 3.23. The molecule has 30 heavy (non-hydrogen) atoms. The van der Waals surface area contributed by atoms with E-state index in [4.69, 9.17) is 9.15 Å². The molecular weight excluding hydrogens is 386 g/mol. The summed E-state index contributed by atoms with van der Waals surface area (Å²) in [6, 6.07) is 10.9. The maximum absolute atomic E-state index is 12.3. The highest BCUT2D eigenvalue weighted by Crippen LogP contribution is 2.33. The number of nitrogens with one attached hydrogen (secondary N) is 1. The topological polar surface area (TPSA) is 106 Å². The number of hydrogen-bond donors (Lipinski definition) is 2. The fourth-order valence-corrected chi connectivity index (χ4v) is 3.90. The van der Waals surface area contributed by atoms with Gasteiger partial charge in [-0.2, -0.15) is 0 Å². The van der Waals surface area contributed by atoms with E-state index in [2.05, 4.69) is 5.32 Å². The zero-order valence-electron chi connectivity index (χ0n) is 16.4. The normalized spacial score (nSPS) is 13.6. The molecular formula is C23H21NO6. The summed E-state index contributed by atoms with van der Waals surface area (Å²) in [5.74, 6) is -1.32. The van der Waals surface area contributed by atoms with Crippen LogP contribution in [0, 0.1) is 6.92 Å². The van der Waals surface area contributed by atoms with Gasteiger partial charge in [0, 0.05) is 16.5 Å². The second-order valence-corrected chi connectivity index (χ2v) is 7.30. The third-order valence-electron chi connectivity index (χ3n) is 5.38. The van der Waals surface area contributed by atoms with Crippen LogP contribution in [0.4, 0.5) is 0 Å². The summed E-state index contributed by atoms with van der Waals surface area (Å²) in [4.78, 5) is 36.1. The van der Waals surface area contributed by atoms with Crippen molar-refractivity contribution < 1.29 is 23.8 Å². The molecule has 0 fully saturated rings. The van der Waals surface area contributed by atoms with Crippen molar-refractivity contribution in [2.24, 2.45) is 0 Å².